The van der Waals surface area contributed by atoms with Gasteiger partial charge in [-0.15, -0.1) is 0 Å². The third kappa shape index (κ3) is 4.60. The van der Waals surface area contributed by atoms with Crippen LogP contribution in [0.15, 0.2) is 35.2 Å². The van der Waals surface area contributed by atoms with Crippen LogP contribution < -0.4 is 15.1 Å². The first-order chi connectivity index (χ1) is 13.7. The van der Waals surface area contributed by atoms with Crippen LogP contribution in [0.25, 0.3) is 0 Å². The van der Waals surface area contributed by atoms with E-state index in [1.54, 1.807) is 18.6 Å². The van der Waals surface area contributed by atoms with Crippen LogP contribution in [0.2, 0.25) is 0 Å². The molecule has 0 bridgehead atoms. The van der Waals surface area contributed by atoms with Crippen molar-refractivity contribution in [3.63, 3.8) is 0 Å². The molecular weight excluding hydrogens is 420 g/mol. The van der Waals surface area contributed by atoms with Gasteiger partial charge in [-0.1, -0.05) is 0 Å². The van der Waals surface area contributed by atoms with Crippen LogP contribution in [0.1, 0.15) is 32.1 Å². The summed E-state index contributed by atoms with van der Waals surface area (Å²) >= 11 is 3.35. The van der Waals surface area contributed by atoms with E-state index in [0.717, 1.165) is 55.1 Å². The monoisotopic (exact) mass is 444 g/mol. The molecule has 2 aromatic heterocycles. The lowest BCUT2D eigenvalue weighted by Crippen LogP contribution is -2.39. The molecular formula is C20H25BrN6O. The number of carbonyl (C=O) groups excluding carboxylic acids is 1. The van der Waals surface area contributed by atoms with Gasteiger partial charge in [-0.2, -0.15) is 0 Å². The Bertz CT molecular complexity index is 801. The molecule has 4 rings (SSSR count). The van der Waals surface area contributed by atoms with Gasteiger partial charge in [-0.25, -0.2) is 15.0 Å². The Hall–Kier alpha value is -2.22. The number of hydrogen-bond acceptors (Lipinski definition) is 6. The first kappa shape index (κ1) is 19.1. The molecule has 148 valence electrons. The summed E-state index contributed by atoms with van der Waals surface area (Å²) < 4.78 is 0.896. The van der Waals surface area contributed by atoms with Crippen molar-refractivity contribution in [2.75, 3.05) is 41.3 Å². The molecule has 2 fully saturated rings. The summed E-state index contributed by atoms with van der Waals surface area (Å²) in [4.78, 5) is 30.3. The number of halogens is 1. The minimum atomic E-state index is 0.00472. The van der Waals surface area contributed by atoms with Crippen molar-refractivity contribution in [1.29, 1.82) is 0 Å². The lowest BCUT2D eigenvalue weighted by molar-refractivity contribution is -0.120. The van der Waals surface area contributed by atoms with Crippen molar-refractivity contribution in [3.05, 3.63) is 35.2 Å². The maximum absolute atomic E-state index is 12.5. The van der Waals surface area contributed by atoms with Crippen molar-refractivity contribution in [1.82, 2.24) is 15.0 Å². The van der Waals surface area contributed by atoms with Gasteiger partial charge in [0.1, 0.15) is 23.8 Å². The van der Waals surface area contributed by atoms with Crippen LogP contribution in [0.3, 0.4) is 0 Å². The third-order valence-electron chi connectivity index (χ3n) is 5.49. The fraction of sp³-hybridized carbons (Fsp3) is 0.500. The van der Waals surface area contributed by atoms with Crippen LogP contribution in [0, 0.1) is 5.92 Å². The fourth-order valence-corrected chi connectivity index (χ4v) is 4.09. The molecule has 0 saturated carbocycles. The molecule has 1 N–H and O–H groups in total. The zero-order chi connectivity index (χ0) is 19.3. The minimum Gasteiger partial charge on any atom is -0.356 e. The van der Waals surface area contributed by atoms with Crippen LogP contribution in [-0.2, 0) is 4.79 Å². The number of anilines is 3. The molecule has 0 spiro atoms. The van der Waals surface area contributed by atoms with Gasteiger partial charge >= 0.3 is 0 Å². The van der Waals surface area contributed by atoms with E-state index in [-0.39, 0.29) is 11.8 Å². The van der Waals surface area contributed by atoms with Crippen LogP contribution >= 0.6 is 15.9 Å². The average molecular weight is 445 g/mol. The number of rotatable bonds is 4. The third-order valence-corrected chi connectivity index (χ3v) is 5.96. The minimum absolute atomic E-state index is 0.00472. The number of nitrogens with zero attached hydrogens (tertiary/aromatic N) is 5. The molecule has 2 aliphatic heterocycles. The Morgan fingerprint density at radius 2 is 1.64 bits per heavy atom. The quantitative estimate of drug-likeness (QED) is 0.777. The summed E-state index contributed by atoms with van der Waals surface area (Å²) in [6.07, 6.45) is 8.74. The summed E-state index contributed by atoms with van der Waals surface area (Å²) in [5.41, 5.74) is 0. The predicted molar refractivity (Wildman–Crippen MR) is 114 cm³/mol. The highest BCUT2D eigenvalue weighted by Crippen LogP contribution is 2.26. The van der Waals surface area contributed by atoms with Gasteiger partial charge < -0.3 is 15.1 Å². The van der Waals surface area contributed by atoms with Crippen molar-refractivity contribution in [2.24, 2.45) is 5.92 Å². The molecule has 4 heterocycles. The van der Waals surface area contributed by atoms with Gasteiger partial charge in [0, 0.05) is 48.8 Å². The largest absolute Gasteiger partial charge is 0.356 e. The Labute approximate surface area is 173 Å². The van der Waals surface area contributed by atoms with Gasteiger partial charge in [-0.05, 0) is 60.2 Å². The first-order valence-corrected chi connectivity index (χ1v) is 10.7. The van der Waals surface area contributed by atoms with Crippen molar-refractivity contribution in [2.45, 2.75) is 32.1 Å². The second-order valence-corrected chi connectivity index (χ2v) is 8.31. The van der Waals surface area contributed by atoms with Gasteiger partial charge in [0.15, 0.2) is 0 Å². The van der Waals surface area contributed by atoms with Crippen molar-refractivity contribution >= 4 is 39.3 Å². The zero-order valence-electron chi connectivity index (χ0n) is 15.9. The smallest absolute Gasteiger partial charge is 0.228 e. The Balaban J connectivity index is 1.33. The van der Waals surface area contributed by atoms with Crippen LogP contribution in [0.4, 0.5) is 17.5 Å². The molecule has 8 heteroatoms. The van der Waals surface area contributed by atoms with E-state index in [2.05, 4.69) is 52.1 Å². The highest BCUT2D eigenvalue weighted by Gasteiger charge is 2.26. The summed E-state index contributed by atoms with van der Waals surface area (Å²) in [5, 5.41) is 2.92. The van der Waals surface area contributed by atoms with E-state index in [9.17, 15) is 4.79 Å². The summed E-state index contributed by atoms with van der Waals surface area (Å²) in [6, 6.07) is 5.78. The van der Waals surface area contributed by atoms with E-state index < -0.39 is 0 Å². The second kappa shape index (κ2) is 8.86. The molecule has 2 aromatic rings. The molecule has 2 aliphatic rings. The molecule has 0 aliphatic carbocycles. The van der Waals surface area contributed by atoms with Gasteiger partial charge in [0.25, 0.3) is 0 Å². The van der Waals surface area contributed by atoms with E-state index >= 15 is 0 Å². The number of carbonyl (C=O) groups is 1. The predicted octanol–water partition coefficient (Wildman–Crippen LogP) is 3.48. The molecule has 0 radical (unpaired) electrons. The standard InChI is InChI=1S/C20H25BrN6O/c21-16-4-5-17(22-13-16)25-20(28)15-6-10-27(11-7-15)19-12-18(23-14-24-19)26-8-2-1-3-9-26/h4-5,12-15H,1-3,6-11H2,(H,22,25,28). The van der Waals surface area contributed by atoms with Crippen molar-refractivity contribution < 1.29 is 4.79 Å². The topological polar surface area (TPSA) is 74.2 Å². The highest BCUT2D eigenvalue weighted by molar-refractivity contribution is 9.10. The van der Waals surface area contributed by atoms with Crippen molar-refractivity contribution in [3.8, 4) is 0 Å². The van der Waals surface area contributed by atoms with E-state index in [0.29, 0.717) is 5.82 Å². The summed E-state index contributed by atoms with van der Waals surface area (Å²) in [6.45, 7) is 3.79. The number of amides is 1. The molecule has 2 saturated heterocycles. The highest BCUT2D eigenvalue weighted by atomic mass is 79.9. The summed E-state index contributed by atoms with van der Waals surface area (Å²) in [7, 11) is 0. The SMILES string of the molecule is O=C(Nc1ccc(Br)cn1)C1CCN(c2cc(N3CCCCC3)ncn2)CC1. The van der Waals surface area contributed by atoms with E-state index in [1.807, 2.05) is 6.07 Å². The van der Waals surface area contributed by atoms with E-state index in [1.165, 1.54) is 19.3 Å². The Kier molecular flexibility index (Phi) is 6.04. The maximum Gasteiger partial charge on any atom is 0.228 e. The van der Waals surface area contributed by atoms with Crippen LogP contribution in [0.5, 0.6) is 0 Å². The second-order valence-electron chi connectivity index (χ2n) is 7.39. The normalized spacial score (nSPS) is 18.2. The number of aromatic nitrogens is 3. The Morgan fingerprint density at radius 3 is 2.29 bits per heavy atom. The average Bonchev–Trinajstić information content (AvgIpc) is 2.76. The molecule has 7 nitrogen and oxygen atoms in total. The molecule has 0 atom stereocenters. The molecule has 28 heavy (non-hydrogen) atoms. The zero-order valence-corrected chi connectivity index (χ0v) is 17.4. The maximum atomic E-state index is 12.5. The number of hydrogen-bond donors (Lipinski definition) is 1. The number of piperidine rings is 2. The number of pyridine rings is 1. The molecule has 1 amide bonds. The van der Waals surface area contributed by atoms with E-state index in [4.69, 9.17) is 0 Å². The number of nitrogens with one attached hydrogen (secondary N) is 1. The lowest BCUT2D eigenvalue weighted by atomic mass is 9.96. The molecule has 0 unspecified atom stereocenters. The van der Waals surface area contributed by atoms with Crippen LogP contribution in [-0.4, -0.2) is 47.0 Å². The lowest BCUT2D eigenvalue weighted by Gasteiger charge is -2.33. The molecule has 0 aromatic carbocycles. The fourth-order valence-electron chi connectivity index (χ4n) is 3.85. The summed E-state index contributed by atoms with van der Waals surface area (Å²) in [5.74, 6) is 2.63. The Morgan fingerprint density at radius 1 is 0.964 bits per heavy atom. The van der Waals surface area contributed by atoms with Gasteiger partial charge in [0.05, 0.1) is 0 Å². The first-order valence-electron chi connectivity index (χ1n) is 9.93. The van der Waals surface area contributed by atoms with Gasteiger partial charge in [0.2, 0.25) is 5.91 Å². The van der Waals surface area contributed by atoms with Gasteiger partial charge in [-0.3, -0.25) is 4.79 Å².